The van der Waals surface area contributed by atoms with Gasteiger partial charge in [0, 0.05) is 0 Å². The maximum absolute atomic E-state index is 12.8. The summed E-state index contributed by atoms with van der Waals surface area (Å²) in [7, 11) is 1.59. The van der Waals surface area contributed by atoms with Crippen LogP contribution < -0.4 is 10.1 Å². The monoisotopic (exact) mass is 338 g/mol. The number of aryl methyl sites for hydroxylation is 1. The first kappa shape index (κ1) is 17.0. The number of nitrogens with zero attached hydrogens (tertiary/aromatic N) is 1. The largest absolute Gasteiger partial charge is 0.497 e. The van der Waals surface area contributed by atoms with Gasteiger partial charge in [0.05, 0.1) is 13.7 Å². The molecule has 130 valence electrons. The van der Waals surface area contributed by atoms with E-state index in [2.05, 4.69) is 5.32 Å². The second kappa shape index (κ2) is 6.97. The Morgan fingerprint density at radius 1 is 1.04 bits per heavy atom. The third kappa shape index (κ3) is 3.65. The maximum atomic E-state index is 12.8. The molecular weight excluding hydrogens is 316 g/mol. The fourth-order valence-electron chi connectivity index (χ4n) is 3.05. The Morgan fingerprint density at radius 2 is 1.76 bits per heavy atom. The second-order valence-corrected chi connectivity index (χ2v) is 6.49. The van der Waals surface area contributed by atoms with Crippen LogP contribution in [0.25, 0.3) is 0 Å². The van der Waals surface area contributed by atoms with Gasteiger partial charge in [-0.2, -0.15) is 0 Å². The van der Waals surface area contributed by atoms with Crippen LogP contribution in [0.15, 0.2) is 54.6 Å². The van der Waals surface area contributed by atoms with Gasteiger partial charge in [0.15, 0.2) is 0 Å². The van der Waals surface area contributed by atoms with Gasteiger partial charge in [-0.25, -0.2) is 4.79 Å². The van der Waals surface area contributed by atoms with E-state index >= 15 is 0 Å². The summed E-state index contributed by atoms with van der Waals surface area (Å²) in [5, 5.41) is 2.86. The Bertz CT molecular complexity index is 776. The summed E-state index contributed by atoms with van der Waals surface area (Å²) in [4.78, 5) is 26.4. The van der Waals surface area contributed by atoms with Crippen molar-refractivity contribution >= 4 is 11.9 Å². The van der Waals surface area contributed by atoms with Crippen molar-refractivity contribution in [2.75, 3.05) is 7.11 Å². The van der Waals surface area contributed by atoms with Crippen molar-refractivity contribution in [1.29, 1.82) is 0 Å². The minimum Gasteiger partial charge on any atom is -0.497 e. The van der Waals surface area contributed by atoms with Crippen LogP contribution in [0.5, 0.6) is 5.75 Å². The van der Waals surface area contributed by atoms with Gasteiger partial charge in [0.25, 0.3) is 5.91 Å². The van der Waals surface area contributed by atoms with Gasteiger partial charge in [-0.15, -0.1) is 0 Å². The lowest BCUT2D eigenvalue weighted by molar-refractivity contribution is -0.131. The van der Waals surface area contributed by atoms with Crippen LogP contribution in [0.4, 0.5) is 4.79 Å². The zero-order valence-electron chi connectivity index (χ0n) is 14.5. The normalized spacial score (nSPS) is 19.8. The van der Waals surface area contributed by atoms with Gasteiger partial charge in [-0.3, -0.25) is 9.69 Å². The Labute approximate surface area is 147 Å². The number of carbonyl (C=O) groups excluding carboxylic acids is 2. The van der Waals surface area contributed by atoms with E-state index in [1.54, 1.807) is 14.0 Å². The maximum Gasteiger partial charge on any atom is 0.325 e. The number of carbonyl (C=O) groups is 2. The van der Waals surface area contributed by atoms with Crippen LogP contribution in [0.2, 0.25) is 0 Å². The third-order valence-electron chi connectivity index (χ3n) is 4.58. The molecule has 0 bridgehead atoms. The van der Waals surface area contributed by atoms with Gasteiger partial charge in [-0.05, 0) is 43.0 Å². The molecule has 3 amide bonds. The van der Waals surface area contributed by atoms with Crippen molar-refractivity contribution in [3.63, 3.8) is 0 Å². The van der Waals surface area contributed by atoms with E-state index in [1.807, 2.05) is 54.6 Å². The van der Waals surface area contributed by atoms with Crippen molar-refractivity contribution in [1.82, 2.24) is 10.2 Å². The highest BCUT2D eigenvalue weighted by molar-refractivity contribution is 6.06. The van der Waals surface area contributed by atoms with Gasteiger partial charge in [-0.1, -0.05) is 42.5 Å². The van der Waals surface area contributed by atoms with Crippen molar-refractivity contribution in [3.8, 4) is 5.75 Å². The summed E-state index contributed by atoms with van der Waals surface area (Å²) in [6.45, 7) is 2.03. The van der Waals surface area contributed by atoms with Crippen LogP contribution in [0, 0.1) is 0 Å². The van der Waals surface area contributed by atoms with E-state index in [-0.39, 0.29) is 18.5 Å². The molecule has 1 fully saturated rings. The quantitative estimate of drug-likeness (QED) is 0.823. The van der Waals surface area contributed by atoms with Gasteiger partial charge < -0.3 is 10.1 Å². The first-order valence-corrected chi connectivity index (χ1v) is 8.33. The molecule has 2 aromatic carbocycles. The zero-order chi connectivity index (χ0) is 17.9. The number of amides is 3. The lowest BCUT2D eigenvalue weighted by atomic mass is 9.93. The van der Waals surface area contributed by atoms with E-state index < -0.39 is 5.54 Å². The molecule has 3 rings (SSSR count). The standard InChI is InChI=1S/C20H22N2O3/c1-20(12-11-15-7-4-3-5-8-15)18(23)22(19(24)21-20)14-16-9-6-10-17(13-16)25-2/h3-10,13H,11-12,14H2,1-2H3,(H,21,24)/t20-/m1/s1. The molecule has 2 aromatic rings. The highest BCUT2D eigenvalue weighted by atomic mass is 16.5. The summed E-state index contributed by atoms with van der Waals surface area (Å²) in [6.07, 6.45) is 1.30. The molecule has 0 spiro atoms. The predicted octanol–water partition coefficient (Wildman–Crippen LogP) is 3.14. The van der Waals surface area contributed by atoms with E-state index in [1.165, 1.54) is 4.90 Å². The SMILES string of the molecule is COc1cccc(CN2C(=O)N[C@](C)(CCc3ccccc3)C2=O)c1. The number of ether oxygens (including phenoxy) is 1. The number of nitrogens with one attached hydrogen (secondary N) is 1. The number of benzene rings is 2. The number of methoxy groups -OCH3 is 1. The molecule has 1 aliphatic heterocycles. The lowest BCUT2D eigenvalue weighted by Gasteiger charge is -2.21. The van der Waals surface area contributed by atoms with E-state index in [0.717, 1.165) is 17.5 Å². The van der Waals surface area contributed by atoms with Crippen LogP contribution in [-0.2, 0) is 17.8 Å². The molecule has 0 radical (unpaired) electrons. The number of imide groups is 1. The summed E-state index contributed by atoms with van der Waals surface area (Å²) in [5.41, 5.74) is 1.14. The highest BCUT2D eigenvalue weighted by Gasteiger charge is 2.47. The van der Waals surface area contributed by atoms with Gasteiger partial charge in [0.2, 0.25) is 0 Å². The molecule has 0 aromatic heterocycles. The van der Waals surface area contributed by atoms with Crippen LogP contribution in [0.3, 0.4) is 0 Å². The Morgan fingerprint density at radius 3 is 2.48 bits per heavy atom. The summed E-state index contributed by atoms with van der Waals surface area (Å²) < 4.78 is 5.20. The molecule has 25 heavy (non-hydrogen) atoms. The summed E-state index contributed by atoms with van der Waals surface area (Å²) >= 11 is 0. The Kier molecular flexibility index (Phi) is 4.74. The smallest absolute Gasteiger partial charge is 0.325 e. The topological polar surface area (TPSA) is 58.6 Å². The first-order valence-electron chi connectivity index (χ1n) is 8.33. The van der Waals surface area contributed by atoms with Crippen LogP contribution in [0.1, 0.15) is 24.5 Å². The number of rotatable bonds is 6. The number of hydrogen-bond acceptors (Lipinski definition) is 3. The average molecular weight is 338 g/mol. The van der Waals surface area contributed by atoms with Crippen LogP contribution >= 0.6 is 0 Å². The predicted molar refractivity (Wildman–Crippen MR) is 95.2 cm³/mol. The molecule has 0 unspecified atom stereocenters. The van der Waals surface area contributed by atoms with Crippen molar-refractivity contribution in [2.24, 2.45) is 0 Å². The van der Waals surface area contributed by atoms with Crippen molar-refractivity contribution < 1.29 is 14.3 Å². The molecular formula is C20H22N2O3. The van der Waals surface area contributed by atoms with E-state index in [4.69, 9.17) is 4.74 Å². The van der Waals surface area contributed by atoms with Gasteiger partial charge in [0.1, 0.15) is 11.3 Å². The first-order chi connectivity index (χ1) is 12.0. The van der Waals surface area contributed by atoms with E-state index in [0.29, 0.717) is 12.2 Å². The summed E-state index contributed by atoms with van der Waals surface area (Å²) in [5.74, 6) is 0.521. The molecule has 0 aliphatic carbocycles. The number of urea groups is 1. The Hall–Kier alpha value is -2.82. The van der Waals surface area contributed by atoms with Crippen molar-refractivity contribution in [2.45, 2.75) is 31.8 Å². The molecule has 1 heterocycles. The molecule has 1 N–H and O–H groups in total. The fourth-order valence-corrected chi connectivity index (χ4v) is 3.05. The lowest BCUT2D eigenvalue weighted by Crippen LogP contribution is -2.44. The second-order valence-electron chi connectivity index (χ2n) is 6.49. The average Bonchev–Trinajstić information content (AvgIpc) is 2.85. The molecule has 1 aliphatic rings. The zero-order valence-corrected chi connectivity index (χ0v) is 14.5. The minimum atomic E-state index is -0.869. The highest BCUT2D eigenvalue weighted by Crippen LogP contribution is 2.25. The minimum absolute atomic E-state index is 0.184. The van der Waals surface area contributed by atoms with E-state index in [9.17, 15) is 9.59 Å². The summed E-state index contributed by atoms with van der Waals surface area (Å²) in [6, 6.07) is 17.0. The third-order valence-corrected chi connectivity index (χ3v) is 4.58. The molecule has 5 nitrogen and oxygen atoms in total. The van der Waals surface area contributed by atoms with Crippen molar-refractivity contribution in [3.05, 3.63) is 65.7 Å². The van der Waals surface area contributed by atoms with Crippen LogP contribution in [-0.4, -0.2) is 29.5 Å². The van der Waals surface area contributed by atoms with Gasteiger partial charge >= 0.3 is 6.03 Å². The molecule has 0 saturated carbocycles. The molecule has 1 saturated heterocycles. The fraction of sp³-hybridized carbons (Fsp3) is 0.300. The molecule has 1 atom stereocenters. The Balaban J connectivity index is 1.70. The molecule has 5 heteroatoms. The number of hydrogen-bond donors (Lipinski definition) is 1.